The van der Waals surface area contributed by atoms with Crippen molar-refractivity contribution in [2.75, 3.05) is 44.8 Å². The van der Waals surface area contributed by atoms with Crippen LogP contribution in [0.3, 0.4) is 0 Å². The van der Waals surface area contributed by atoms with E-state index in [9.17, 15) is 14.0 Å². The number of hydrogen-bond donors (Lipinski definition) is 0. The Morgan fingerprint density at radius 1 is 1.15 bits per heavy atom. The zero-order valence-corrected chi connectivity index (χ0v) is 24.2. The first kappa shape index (κ1) is 29.0. The highest BCUT2D eigenvalue weighted by atomic mass is 19.1. The predicted octanol–water partition coefficient (Wildman–Crippen LogP) is 4.39. The zero-order valence-electron chi connectivity index (χ0n) is 24.2. The molecule has 2 amide bonds. The molecule has 9 heteroatoms. The third-order valence-corrected chi connectivity index (χ3v) is 7.39. The molecule has 4 rings (SSSR count). The smallest absolute Gasteiger partial charge is 0.410 e. The van der Waals surface area contributed by atoms with Crippen LogP contribution in [0.4, 0.5) is 14.9 Å². The van der Waals surface area contributed by atoms with E-state index in [1.54, 1.807) is 24.1 Å². The molecule has 2 aromatic rings. The lowest BCUT2D eigenvalue weighted by atomic mass is 9.88. The van der Waals surface area contributed by atoms with Gasteiger partial charge in [0.1, 0.15) is 11.4 Å². The van der Waals surface area contributed by atoms with E-state index in [0.29, 0.717) is 32.7 Å². The molecule has 0 spiro atoms. The molecule has 2 aliphatic heterocycles. The van der Waals surface area contributed by atoms with Crippen LogP contribution in [0.25, 0.3) is 0 Å². The van der Waals surface area contributed by atoms with E-state index in [1.807, 2.05) is 44.9 Å². The Morgan fingerprint density at radius 3 is 2.49 bits per heavy atom. The molecule has 39 heavy (non-hydrogen) atoms. The van der Waals surface area contributed by atoms with Gasteiger partial charge in [-0.3, -0.25) is 14.7 Å². The Bertz CT molecular complexity index is 1190. The molecule has 1 fully saturated rings. The van der Waals surface area contributed by atoms with Crippen LogP contribution in [0, 0.1) is 5.82 Å². The normalized spacial score (nSPS) is 21.1. The third kappa shape index (κ3) is 6.76. The minimum absolute atomic E-state index is 0.000205. The number of carbonyl (C=O) groups excluding carboxylic acids is 2. The summed E-state index contributed by atoms with van der Waals surface area (Å²) >= 11 is 0. The fourth-order valence-electron chi connectivity index (χ4n) is 5.42. The van der Waals surface area contributed by atoms with E-state index in [-0.39, 0.29) is 41.9 Å². The van der Waals surface area contributed by atoms with Crippen molar-refractivity contribution >= 4 is 17.7 Å². The Balaban J connectivity index is 1.51. The van der Waals surface area contributed by atoms with Crippen molar-refractivity contribution in [3.05, 3.63) is 59.2 Å². The summed E-state index contributed by atoms with van der Waals surface area (Å²) in [5, 5.41) is 0. The quantitative estimate of drug-likeness (QED) is 0.541. The zero-order chi connectivity index (χ0) is 28.5. The third-order valence-electron chi connectivity index (χ3n) is 7.39. The molecule has 2 atom stereocenters. The van der Waals surface area contributed by atoms with E-state index < -0.39 is 5.60 Å². The number of hydrogen-bond acceptors (Lipinski definition) is 6. The van der Waals surface area contributed by atoms with E-state index in [0.717, 1.165) is 22.5 Å². The number of aromatic nitrogens is 1. The number of anilines is 1. The Kier molecular flexibility index (Phi) is 8.33. The van der Waals surface area contributed by atoms with Gasteiger partial charge in [0.25, 0.3) is 0 Å². The molecule has 1 saturated heterocycles. The van der Waals surface area contributed by atoms with Gasteiger partial charge in [0.15, 0.2) is 0 Å². The lowest BCUT2D eigenvalue weighted by Crippen LogP contribution is -2.62. The first-order chi connectivity index (χ1) is 18.3. The molecule has 1 aromatic heterocycles. The highest BCUT2D eigenvalue weighted by Crippen LogP contribution is 2.40. The Hall–Kier alpha value is -3.04. The number of methoxy groups -OCH3 is 1. The monoisotopic (exact) mass is 540 g/mol. The van der Waals surface area contributed by atoms with Gasteiger partial charge in [0.05, 0.1) is 24.9 Å². The molecule has 8 nitrogen and oxygen atoms in total. The van der Waals surface area contributed by atoms with E-state index in [4.69, 9.17) is 9.47 Å². The second-order valence-corrected chi connectivity index (χ2v) is 12.4. The van der Waals surface area contributed by atoms with Crippen LogP contribution in [0.15, 0.2) is 36.5 Å². The molecule has 0 unspecified atom stereocenters. The highest BCUT2D eigenvalue weighted by molar-refractivity contribution is 5.97. The number of halogens is 1. The highest BCUT2D eigenvalue weighted by Gasteiger charge is 2.41. The molecule has 212 valence electrons. The number of benzene rings is 1. The number of fused-ring (bicyclic) bond motifs is 1. The fraction of sp³-hybridized carbons (Fsp3) is 0.567. The Labute approximate surface area is 231 Å². The lowest BCUT2D eigenvalue weighted by molar-refractivity contribution is -0.121. The number of carbonyl (C=O) groups is 2. The molecule has 2 aliphatic rings. The van der Waals surface area contributed by atoms with Crippen LogP contribution in [-0.2, 0) is 26.1 Å². The average molecular weight is 541 g/mol. The van der Waals surface area contributed by atoms with E-state index >= 15 is 0 Å². The van der Waals surface area contributed by atoms with Crippen molar-refractivity contribution in [1.29, 1.82) is 0 Å². The maximum absolute atomic E-state index is 13.8. The second kappa shape index (κ2) is 11.2. The van der Waals surface area contributed by atoms with Gasteiger partial charge in [-0.05, 0) is 51.5 Å². The van der Waals surface area contributed by atoms with Crippen LogP contribution in [0.2, 0.25) is 0 Å². The summed E-state index contributed by atoms with van der Waals surface area (Å²) in [5.74, 6) is -0.271. The standard InChI is InChI=1S/C30H41FN4O4/c1-20-15-33(24(18-38-7)16-34(20)28(37)39-29(2,3)4)17-27(36)35-19-30(5,6)25-14-32-23(13-26(25)35)12-21-8-10-22(31)11-9-21/h8-11,13-14,20,24H,12,15-19H2,1-7H3/t20-,24-/m1/s1. The van der Waals surface area contributed by atoms with Gasteiger partial charge < -0.3 is 19.3 Å². The largest absolute Gasteiger partial charge is 0.444 e. The summed E-state index contributed by atoms with van der Waals surface area (Å²) < 4.78 is 24.4. The van der Waals surface area contributed by atoms with Crippen LogP contribution in [0.1, 0.15) is 58.4 Å². The summed E-state index contributed by atoms with van der Waals surface area (Å²) in [6.45, 7) is 13.9. The lowest BCUT2D eigenvalue weighted by Gasteiger charge is -2.45. The average Bonchev–Trinajstić information content (AvgIpc) is 3.11. The second-order valence-electron chi connectivity index (χ2n) is 12.4. The minimum atomic E-state index is -0.582. The first-order valence-electron chi connectivity index (χ1n) is 13.5. The number of amides is 2. The summed E-state index contributed by atoms with van der Waals surface area (Å²) in [6, 6.07) is 8.14. The first-order valence-corrected chi connectivity index (χ1v) is 13.5. The number of piperazine rings is 1. The summed E-state index contributed by atoms with van der Waals surface area (Å²) in [4.78, 5) is 37.0. The number of pyridine rings is 1. The van der Waals surface area contributed by atoms with Crippen molar-refractivity contribution in [2.24, 2.45) is 0 Å². The SMILES string of the molecule is COC[C@H]1CN(C(=O)OC(C)(C)C)[C@H](C)CN1CC(=O)N1CC(C)(C)c2cnc(Cc3ccc(F)cc3)cc21. The van der Waals surface area contributed by atoms with Gasteiger partial charge in [-0.25, -0.2) is 9.18 Å². The van der Waals surface area contributed by atoms with Crippen LogP contribution >= 0.6 is 0 Å². The number of nitrogens with zero attached hydrogens (tertiary/aromatic N) is 4. The maximum Gasteiger partial charge on any atom is 0.410 e. The van der Waals surface area contributed by atoms with Crippen molar-refractivity contribution in [3.8, 4) is 0 Å². The predicted molar refractivity (Wildman–Crippen MR) is 148 cm³/mol. The summed E-state index contributed by atoms with van der Waals surface area (Å²) in [7, 11) is 1.63. The van der Waals surface area contributed by atoms with Crippen molar-refractivity contribution in [1.82, 2.24) is 14.8 Å². The topological polar surface area (TPSA) is 75.2 Å². The van der Waals surface area contributed by atoms with Gasteiger partial charge in [0, 0.05) is 62.1 Å². The molecular weight excluding hydrogens is 499 g/mol. The maximum atomic E-state index is 13.8. The molecule has 0 bridgehead atoms. The van der Waals surface area contributed by atoms with Crippen molar-refractivity contribution < 1.29 is 23.5 Å². The fourth-order valence-corrected chi connectivity index (χ4v) is 5.42. The Morgan fingerprint density at radius 2 is 1.85 bits per heavy atom. The van der Waals surface area contributed by atoms with Gasteiger partial charge in [-0.1, -0.05) is 26.0 Å². The number of rotatable bonds is 6. The molecule has 3 heterocycles. The van der Waals surface area contributed by atoms with Crippen LogP contribution < -0.4 is 4.90 Å². The van der Waals surface area contributed by atoms with E-state index in [2.05, 4.69) is 23.7 Å². The van der Waals surface area contributed by atoms with Gasteiger partial charge in [-0.15, -0.1) is 0 Å². The summed E-state index contributed by atoms with van der Waals surface area (Å²) in [5.41, 5.74) is 2.88. The van der Waals surface area contributed by atoms with Crippen LogP contribution in [-0.4, -0.2) is 84.4 Å². The van der Waals surface area contributed by atoms with E-state index in [1.165, 1.54) is 12.1 Å². The van der Waals surface area contributed by atoms with Crippen LogP contribution in [0.5, 0.6) is 0 Å². The molecule has 0 aliphatic carbocycles. The molecule has 0 N–H and O–H groups in total. The minimum Gasteiger partial charge on any atom is -0.444 e. The molecule has 0 radical (unpaired) electrons. The number of ether oxygens (including phenoxy) is 2. The van der Waals surface area contributed by atoms with Gasteiger partial charge in [-0.2, -0.15) is 0 Å². The van der Waals surface area contributed by atoms with Gasteiger partial charge >= 0.3 is 6.09 Å². The van der Waals surface area contributed by atoms with Crippen molar-refractivity contribution in [2.45, 2.75) is 71.1 Å². The summed E-state index contributed by atoms with van der Waals surface area (Å²) in [6.07, 6.45) is 2.07. The molecular formula is C30H41FN4O4. The van der Waals surface area contributed by atoms with Gasteiger partial charge in [0.2, 0.25) is 5.91 Å². The molecule has 1 aromatic carbocycles. The van der Waals surface area contributed by atoms with Crippen molar-refractivity contribution in [3.63, 3.8) is 0 Å². The molecule has 0 saturated carbocycles.